The highest BCUT2D eigenvalue weighted by Gasteiger charge is 2.16. The van der Waals surface area contributed by atoms with Crippen molar-refractivity contribution in [3.05, 3.63) is 12.4 Å². The molecule has 1 aliphatic rings. The highest BCUT2D eigenvalue weighted by atomic mass is 32.2. The lowest BCUT2D eigenvalue weighted by atomic mass is 10.3. The Kier molecular flexibility index (Phi) is 2.03. The molecule has 0 saturated carbocycles. The fourth-order valence-electron chi connectivity index (χ4n) is 1.10. The molecular formula is C7H10N2OS. The third kappa shape index (κ3) is 1.68. The first kappa shape index (κ1) is 7.03. The molecule has 1 N–H and O–H groups in total. The van der Waals surface area contributed by atoms with Crippen molar-refractivity contribution in [2.75, 3.05) is 11.5 Å². The summed E-state index contributed by atoms with van der Waals surface area (Å²) >= 11 is 1.95. The number of aromatic nitrogens is 2. The van der Waals surface area contributed by atoms with Crippen LogP contribution >= 0.6 is 11.8 Å². The number of hydrogen-bond acceptors (Lipinski definition) is 3. The molecule has 0 aromatic carbocycles. The molecule has 1 aliphatic heterocycles. The normalized spacial score (nSPS) is 23.8. The summed E-state index contributed by atoms with van der Waals surface area (Å²) in [4.78, 5) is 0. The first-order chi connectivity index (χ1) is 5.45. The van der Waals surface area contributed by atoms with Crippen molar-refractivity contribution < 1.29 is 4.74 Å². The van der Waals surface area contributed by atoms with Gasteiger partial charge in [-0.1, -0.05) is 0 Å². The van der Waals surface area contributed by atoms with Gasteiger partial charge in [-0.15, -0.1) is 0 Å². The van der Waals surface area contributed by atoms with E-state index in [1.807, 2.05) is 11.8 Å². The third-order valence-electron chi connectivity index (χ3n) is 1.66. The van der Waals surface area contributed by atoms with Gasteiger partial charge in [0.05, 0.1) is 12.4 Å². The largest absolute Gasteiger partial charge is 0.486 e. The standard InChI is InChI=1S/C7H10N2OS/c1-2-11-5-6(1)10-7-3-8-9-4-7/h3-4,6H,1-2,5H2,(H,8,9). The molecule has 0 aliphatic carbocycles. The molecule has 60 valence electrons. The topological polar surface area (TPSA) is 37.9 Å². The smallest absolute Gasteiger partial charge is 0.157 e. The van der Waals surface area contributed by atoms with E-state index in [-0.39, 0.29) is 0 Å². The Morgan fingerprint density at radius 2 is 2.73 bits per heavy atom. The lowest BCUT2D eigenvalue weighted by Crippen LogP contribution is -2.14. The average Bonchev–Trinajstić information content (AvgIpc) is 2.60. The van der Waals surface area contributed by atoms with E-state index in [1.54, 1.807) is 12.4 Å². The fourth-order valence-corrected chi connectivity index (χ4v) is 2.20. The van der Waals surface area contributed by atoms with Gasteiger partial charge in [-0.2, -0.15) is 16.9 Å². The van der Waals surface area contributed by atoms with Crippen molar-refractivity contribution in [3.8, 4) is 5.75 Å². The first-order valence-corrected chi connectivity index (χ1v) is 4.84. The maximum Gasteiger partial charge on any atom is 0.157 e. The van der Waals surface area contributed by atoms with Crippen LogP contribution in [0.2, 0.25) is 0 Å². The van der Waals surface area contributed by atoms with E-state index in [9.17, 15) is 0 Å². The van der Waals surface area contributed by atoms with Crippen LogP contribution in [-0.4, -0.2) is 27.8 Å². The summed E-state index contributed by atoms with van der Waals surface area (Å²) in [5.41, 5.74) is 0. The lowest BCUT2D eigenvalue weighted by Gasteiger charge is -2.08. The van der Waals surface area contributed by atoms with Gasteiger partial charge in [0.2, 0.25) is 0 Å². The number of nitrogens with one attached hydrogen (secondary N) is 1. The van der Waals surface area contributed by atoms with Crippen LogP contribution in [0.15, 0.2) is 12.4 Å². The SMILES string of the molecule is c1n[nH]cc1OC1CCSC1. The van der Waals surface area contributed by atoms with E-state index in [0.717, 1.165) is 17.9 Å². The maximum absolute atomic E-state index is 5.60. The number of thioether (sulfide) groups is 1. The van der Waals surface area contributed by atoms with E-state index in [4.69, 9.17) is 4.74 Å². The molecule has 11 heavy (non-hydrogen) atoms. The van der Waals surface area contributed by atoms with Crippen LogP contribution in [0.25, 0.3) is 0 Å². The molecule has 0 radical (unpaired) electrons. The molecule has 1 aromatic heterocycles. The molecule has 1 unspecified atom stereocenters. The van der Waals surface area contributed by atoms with Crippen LogP contribution in [-0.2, 0) is 0 Å². The van der Waals surface area contributed by atoms with Gasteiger partial charge in [0, 0.05) is 5.75 Å². The highest BCUT2D eigenvalue weighted by molar-refractivity contribution is 7.99. The van der Waals surface area contributed by atoms with E-state index in [2.05, 4.69) is 10.2 Å². The number of H-pyrrole nitrogens is 1. The Morgan fingerprint density at radius 1 is 1.73 bits per heavy atom. The number of nitrogens with zero attached hydrogens (tertiary/aromatic N) is 1. The van der Waals surface area contributed by atoms with Crippen molar-refractivity contribution in [2.45, 2.75) is 12.5 Å². The average molecular weight is 170 g/mol. The van der Waals surface area contributed by atoms with Crippen molar-refractivity contribution in [1.82, 2.24) is 10.2 Å². The van der Waals surface area contributed by atoms with Crippen molar-refractivity contribution >= 4 is 11.8 Å². The molecule has 3 nitrogen and oxygen atoms in total. The van der Waals surface area contributed by atoms with E-state index in [1.165, 1.54) is 5.75 Å². The zero-order valence-electron chi connectivity index (χ0n) is 6.12. The van der Waals surface area contributed by atoms with Crippen molar-refractivity contribution in [2.24, 2.45) is 0 Å². The van der Waals surface area contributed by atoms with Crippen LogP contribution in [0.5, 0.6) is 5.75 Å². The van der Waals surface area contributed by atoms with Gasteiger partial charge in [-0.05, 0) is 12.2 Å². The number of hydrogen-bond donors (Lipinski definition) is 1. The summed E-state index contributed by atoms with van der Waals surface area (Å²) in [5.74, 6) is 3.20. The maximum atomic E-state index is 5.60. The van der Waals surface area contributed by atoms with Gasteiger partial charge >= 0.3 is 0 Å². The number of rotatable bonds is 2. The van der Waals surface area contributed by atoms with Crippen molar-refractivity contribution in [1.29, 1.82) is 0 Å². The minimum atomic E-state index is 0.401. The van der Waals surface area contributed by atoms with E-state index < -0.39 is 0 Å². The molecule has 1 atom stereocenters. The summed E-state index contributed by atoms with van der Waals surface area (Å²) in [6, 6.07) is 0. The quantitative estimate of drug-likeness (QED) is 0.727. The first-order valence-electron chi connectivity index (χ1n) is 3.68. The molecule has 1 aromatic rings. The second-order valence-electron chi connectivity index (χ2n) is 2.54. The van der Waals surface area contributed by atoms with E-state index in [0.29, 0.717) is 6.10 Å². The lowest BCUT2D eigenvalue weighted by molar-refractivity contribution is 0.229. The monoisotopic (exact) mass is 170 g/mol. The molecule has 0 bridgehead atoms. The van der Waals surface area contributed by atoms with Crippen LogP contribution in [0, 0.1) is 0 Å². The predicted molar refractivity (Wildman–Crippen MR) is 44.9 cm³/mol. The Morgan fingerprint density at radius 3 is 3.36 bits per heavy atom. The predicted octanol–water partition coefficient (Wildman–Crippen LogP) is 1.29. The molecule has 2 heterocycles. The minimum absolute atomic E-state index is 0.401. The number of ether oxygens (including phenoxy) is 1. The fraction of sp³-hybridized carbons (Fsp3) is 0.571. The molecule has 0 amide bonds. The van der Waals surface area contributed by atoms with Crippen molar-refractivity contribution in [3.63, 3.8) is 0 Å². The van der Waals surface area contributed by atoms with E-state index >= 15 is 0 Å². The van der Waals surface area contributed by atoms with Gasteiger partial charge in [-0.3, -0.25) is 5.10 Å². The Bertz CT molecular complexity index is 206. The second-order valence-corrected chi connectivity index (χ2v) is 3.69. The molecule has 4 heteroatoms. The Balaban J connectivity index is 1.90. The van der Waals surface area contributed by atoms with Crippen LogP contribution in [0.4, 0.5) is 0 Å². The molecule has 0 spiro atoms. The van der Waals surface area contributed by atoms with Gasteiger partial charge < -0.3 is 4.74 Å². The summed E-state index contributed by atoms with van der Waals surface area (Å²) in [6.45, 7) is 0. The van der Waals surface area contributed by atoms with Gasteiger partial charge in [0.25, 0.3) is 0 Å². The molecule has 1 saturated heterocycles. The second kappa shape index (κ2) is 3.17. The van der Waals surface area contributed by atoms with Crippen LogP contribution < -0.4 is 4.74 Å². The van der Waals surface area contributed by atoms with Gasteiger partial charge in [-0.25, -0.2) is 0 Å². The Hall–Kier alpha value is -0.640. The van der Waals surface area contributed by atoms with Crippen LogP contribution in [0.3, 0.4) is 0 Å². The highest BCUT2D eigenvalue weighted by Crippen LogP contribution is 2.21. The number of aromatic amines is 1. The van der Waals surface area contributed by atoms with Gasteiger partial charge in [0.15, 0.2) is 5.75 Å². The zero-order valence-corrected chi connectivity index (χ0v) is 6.93. The van der Waals surface area contributed by atoms with Crippen LogP contribution in [0.1, 0.15) is 6.42 Å². The summed E-state index contributed by atoms with van der Waals surface area (Å²) in [7, 11) is 0. The molecular weight excluding hydrogens is 160 g/mol. The third-order valence-corrected chi connectivity index (χ3v) is 2.80. The Labute approximate surface area is 69.5 Å². The zero-order chi connectivity index (χ0) is 7.52. The minimum Gasteiger partial charge on any atom is -0.486 e. The summed E-state index contributed by atoms with van der Waals surface area (Å²) < 4.78 is 5.60. The van der Waals surface area contributed by atoms with Gasteiger partial charge in [0.1, 0.15) is 6.10 Å². The molecule has 2 rings (SSSR count). The summed E-state index contributed by atoms with van der Waals surface area (Å²) in [6.07, 6.45) is 5.06. The summed E-state index contributed by atoms with van der Waals surface area (Å²) in [5, 5.41) is 6.53. The molecule has 1 fully saturated rings.